The Kier molecular flexibility index (Phi) is 5.36. The molecular weight excluding hydrogens is 357 g/mol. The van der Waals surface area contributed by atoms with Crippen LogP contribution in [0.25, 0.3) is 0 Å². The average molecular weight is 377 g/mol. The van der Waals surface area contributed by atoms with Crippen molar-refractivity contribution in [1.82, 2.24) is 10.2 Å². The molecule has 138 valence electrons. The van der Waals surface area contributed by atoms with Gasteiger partial charge in [0, 0.05) is 25.2 Å². The molecule has 1 atom stereocenters. The SMILES string of the molecule is NS(=O)(=O)Cc1cccc(C(=O)N2CCNCC2c2cccc(F)c2)c1. The predicted octanol–water partition coefficient (Wildman–Crippen LogP) is 1.40. The first-order valence-corrected chi connectivity index (χ1v) is 9.91. The predicted molar refractivity (Wildman–Crippen MR) is 96.3 cm³/mol. The number of primary sulfonamides is 1. The van der Waals surface area contributed by atoms with Crippen molar-refractivity contribution < 1.29 is 17.6 Å². The number of rotatable bonds is 4. The molecule has 1 saturated heterocycles. The van der Waals surface area contributed by atoms with Crippen LogP contribution in [0.5, 0.6) is 0 Å². The van der Waals surface area contributed by atoms with Crippen LogP contribution in [-0.2, 0) is 15.8 Å². The molecule has 1 fully saturated rings. The van der Waals surface area contributed by atoms with Crippen LogP contribution in [0.2, 0.25) is 0 Å². The van der Waals surface area contributed by atoms with E-state index in [1.54, 1.807) is 35.2 Å². The van der Waals surface area contributed by atoms with Gasteiger partial charge < -0.3 is 10.2 Å². The van der Waals surface area contributed by atoms with Gasteiger partial charge in [-0.1, -0.05) is 24.3 Å². The molecule has 0 bridgehead atoms. The van der Waals surface area contributed by atoms with Gasteiger partial charge in [0.1, 0.15) is 5.82 Å². The van der Waals surface area contributed by atoms with Crippen LogP contribution in [0.1, 0.15) is 27.5 Å². The first-order chi connectivity index (χ1) is 12.3. The van der Waals surface area contributed by atoms with Crippen molar-refractivity contribution >= 4 is 15.9 Å². The number of hydrogen-bond donors (Lipinski definition) is 2. The molecule has 1 amide bonds. The van der Waals surface area contributed by atoms with Gasteiger partial charge in [-0.2, -0.15) is 0 Å². The summed E-state index contributed by atoms with van der Waals surface area (Å²) in [5.74, 6) is -0.907. The lowest BCUT2D eigenvalue weighted by molar-refractivity contribution is 0.0634. The summed E-state index contributed by atoms with van der Waals surface area (Å²) in [5.41, 5.74) is 1.55. The first-order valence-electron chi connectivity index (χ1n) is 8.20. The highest BCUT2D eigenvalue weighted by molar-refractivity contribution is 7.88. The van der Waals surface area contributed by atoms with Crippen molar-refractivity contribution in [3.05, 3.63) is 71.0 Å². The van der Waals surface area contributed by atoms with E-state index in [4.69, 9.17) is 5.14 Å². The van der Waals surface area contributed by atoms with E-state index in [0.717, 1.165) is 0 Å². The number of nitrogens with one attached hydrogen (secondary N) is 1. The Morgan fingerprint density at radius 1 is 1.23 bits per heavy atom. The standard InChI is InChI=1S/C18H20FN3O3S/c19-16-6-2-4-14(10-16)17-11-21-7-8-22(17)18(23)15-5-1-3-13(9-15)12-26(20,24)25/h1-6,9-10,17,21H,7-8,11-12H2,(H2,20,24,25). The number of nitrogens with zero attached hydrogens (tertiary/aromatic N) is 1. The van der Waals surface area contributed by atoms with Gasteiger partial charge in [-0.15, -0.1) is 0 Å². The number of halogens is 1. The van der Waals surface area contributed by atoms with E-state index >= 15 is 0 Å². The number of nitrogens with two attached hydrogens (primary N) is 1. The highest BCUT2D eigenvalue weighted by Gasteiger charge is 2.29. The van der Waals surface area contributed by atoms with Crippen molar-refractivity contribution in [3.63, 3.8) is 0 Å². The third-order valence-electron chi connectivity index (χ3n) is 4.28. The number of hydrogen-bond acceptors (Lipinski definition) is 4. The molecule has 8 heteroatoms. The molecule has 1 heterocycles. The Morgan fingerprint density at radius 2 is 2.00 bits per heavy atom. The van der Waals surface area contributed by atoms with Crippen LogP contribution >= 0.6 is 0 Å². The Hall–Kier alpha value is -2.29. The molecule has 1 aliphatic heterocycles. The maximum atomic E-state index is 13.6. The lowest BCUT2D eigenvalue weighted by Gasteiger charge is -2.36. The average Bonchev–Trinajstić information content (AvgIpc) is 2.60. The zero-order valence-corrected chi connectivity index (χ0v) is 14.9. The molecule has 0 aromatic heterocycles. The van der Waals surface area contributed by atoms with Crippen molar-refractivity contribution in [2.75, 3.05) is 19.6 Å². The molecule has 6 nitrogen and oxygen atoms in total. The molecule has 1 aliphatic rings. The smallest absolute Gasteiger partial charge is 0.254 e. The fraction of sp³-hybridized carbons (Fsp3) is 0.278. The van der Waals surface area contributed by atoms with Crippen LogP contribution in [0.3, 0.4) is 0 Å². The normalized spacial score (nSPS) is 17.9. The van der Waals surface area contributed by atoms with E-state index in [0.29, 0.717) is 36.3 Å². The lowest BCUT2D eigenvalue weighted by Crippen LogP contribution is -2.48. The monoisotopic (exact) mass is 377 g/mol. The summed E-state index contributed by atoms with van der Waals surface area (Å²) in [6.07, 6.45) is 0. The summed E-state index contributed by atoms with van der Waals surface area (Å²) in [5, 5.41) is 8.30. The Balaban J connectivity index is 1.88. The second kappa shape index (κ2) is 7.53. The Morgan fingerprint density at radius 3 is 2.73 bits per heavy atom. The summed E-state index contributed by atoms with van der Waals surface area (Å²) in [7, 11) is -3.68. The van der Waals surface area contributed by atoms with Crippen molar-refractivity contribution in [2.24, 2.45) is 5.14 Å². The van der Waals surface area contributed by atoms with E-state index in [-0.39, 0.29) is 23.5 Å². The molecule has 3 rings (SSSR count). The fourth-order valence-electron chi connectivity index (χ4n) is 3.15. The van der Waals surface area contributed by atoms with Gasteiger partial charge in [0.05, 0.1) is 11.8 Å². The maximum Gasteiger partial charge on any atom is 0.254 e. The molecule has 0 saturated carbocycles. The molecule has 0 radical (unpaired) electrons. The van der Waals surface area contributed by atoms with Crippen LogP contribution in [-0.4, -0.2) is 38.9 Å². The van der Waals surface area contributed by atoms with Gasteiger partial charge in [-0.05, 0) is 35.4 Å². The fourth-order valence-corrected chi connectivity index (χ4v) is 3.80. The second-order valence-corrected chi connectivity index (χ2v) is 7.90. The van der Waals surface area contributed by atoms with Gasteiger partial charge in [0.15, 0.2) is 0 Å². The quantitative estimate of drug-likeness (QED) is 0.842. The van der Waals surface area contributed by atoms with Crippen molar-refractivity contribution in [1.29, 1.82) is 0 Å². The van der Waals surface area contributed by atoms with E-state index in [1.807, 2.05) is 0 Å². The molecule has 2 aromatic rings. The summed E-state index contributed by atoms with van der Waals surface area (Å²) in [6, 6.07) is 12.3. The highest BCUT2D eigenvalue weighted by atomic mass is 32.2. The van der Waals surface area contributed by atoms with E-state index in [2.05, 4.69) is 5.32 Å². The topological polar surface area (TPSA) is 92.5 Å². The minimum absolute atomic E-state index is 0.225. The molecule has 26 heavy (non-hydrogen) atoms. The number of carbonyl (C=O) groups excluding carboxylic acids is 1. The molecular formula is C18H20FN3O3S. The number of carbonyl (C=O) groups is 1. The van der Waals surface area contributed by atoms with Gasteiger partial charge in [-0.3, -0.25) is 4.79 Å². The molecule has 1 unspecified atom stereocenters. The van der Waals surface area contributed by atoms with E-state index in [9.17, 15) is 17.6 Å². The minimum atomic E-state index is -3.68. The molecule has 2 aromatic carbocycles. The minimum Gasteiger partial charge on any atom is -0.329 e. The maximum absolute atomic E-state index is 13.6. The number of piperazine rings is 1. The Labute approximate surface area is 151 Å². The lowest BCUT2D eigenvalue weighted by atomic mass is 10.0. The van der Waals surface area contributed by atoms with Crippen LogP contribution < -0.4 is 10.5 Å². The summed E-state index contributed by atoms with van der Waals surface area (Å²) < 4.78 is 36.2. The third kappa shape index (κ3) is 4.46. The zero-order chi connectivity index (χ0) is 18.7. The first kappa shape index (κ1) is 18.5. The Bertz CT molecular complexity index is 917. The highest BCUT2D eigenvalue weighted by Crippen LogP contribution is 2.25. The largest absolute Gasteiger partial charge is 0.329 e. The summed E-state index contributed by atoms with van der Waals surface area (Å²) >= 11 is 0. The van der Waals surface area contributed by atoms with E-state index in [1.165, 1.54) is 18.2 Å². The third-order valence-corrected chi connectivity index (χ3v) is 5.02. The summed E-state index contributed by atoms with van der Waals surface area (Å²) in [6.45, 7) is 1.62. The van der Waals surface area contributed by atoms with E-state index < -0.39 is 10.0 Å². The van der Waals surface area contributed by atoms with Gasteiger partial charge >= 0.3 is 0 Å². The van der Waals surface area contributed by atoms with Gasteiger partial charge in [0.25, 0.3) is 5.91 Å². The number of sulfonamides is 1. The molecule has 0 spiro atoms. The number of benzene rings is 2. The molecule has 3 N–H and O–H groups in total. The second-order valence-electron chi connectivity index (χ2n) is 6.28. The van der Waals surface area contributed by atoms with Crippen LogP contribution in [0.4, 0.5) is 4.39 Å². The van der Waals surface area contributed by atoms with Crippen LogP contribution in [0.15, 0.2) is 48.5 Å². The summed E-state index contributed by atoms with van der Waals surface area (Å²) in [4.78, 5) is 14.7. The zero-order valence-electron chi connectivity index (χ0n) is 14.1. The van der Waals surface area contributed by atoms with Crippen molar-refractivity contribution in [2.45, 2.75) is 11.8 Å². The van der Waals surface area contributed by atoms with Gasteiger partial charge in [-0.25, -0.2) is 17.9 Å². The van der Waals surface area contributed by atoms with Crippen molar-refractivity contribution in [3.8, 4) is 0 Å². The van der Waals surface area contributed by atoms with Gasteiger partial charge in [0.2, 0.25) is 10.0 Å². The molecule has 0 aliphatic carbocycles. The van der Waals surface area contributed by atoms with Crippen LogP contribution in [0, 0.1) is 5.82 Å². The number of amides is 1.